The molecule has 44 heavy (non-hydrogen) atoms. The topological polar surface area (TPSA) is 63.6 Å². The molecule has 260 valence electrons. The van der Waals surface area contributed by atoms with Gasteiger partial charge in [0.15, 0.2) is 0 Å². The van der Waals surface area contributed by atoms with Crippen molar-refractivity contribution in [1.29, 1.82) is 0 Å². The smallest absolute Gasteiger partial charge is 0.306 e. The Morgan fingerprint density at radius 1 is 0.477 bits per heavy atom. The third kappa shape index (κ3) is 35.2. The SMILES string of the molecule is CCCCCCCC/C=C\CCCCCCCCCCCC(=O)OC(CCC)CCCCCCCCCCCCCC(=O)O. The normalized spacial score (nSPS) is 12.2. The molecule has 4 heteroatoms. The van der Waals surface area contributed by atoms with Crippen molar-refractivity contribution in [1.82, 2.24) is 0 Å². The number of rotatable bonds is 36. The second kappa shape index (κ2) is 36.2. The minimum atomic E-state index is -0.672. The summed E-state index contributed by atoms with van der Waals surface area (Å²) >= 11 is 0. The maximum absolute atomic E-state index is 12.4. The van der Waals surface area contributed by atoms with E-state index >= 15 is 0 Å². The van der Waals surface area contributed by atoms with Gasteiger partial charge in [0.1, 0.15) is 6.10 Å². The summed E-state index contributed by atoms with van der Waals surface area (Å²) < 4.78 is 5.86. The van der Waals surface area contributed by atoms with E-state index in [0.717, 1.165) is 51.4 Å². The van der Waals surface area contributed by atoms with Gasteiger partial charge in [0, 0.05) is 12.8 Å². The largest absolute Gasteiger partial charge is 0.481 e. The van der Waals surface area contributed by atoms with Crippen LogP contribution in [0.4, 0.5) is 0 Å². The summed E-state index contributed by atoms with van der Waals surface area (Å²) in [6.45, 7) is 4.46. The van der Waals surface area contributed by atoms with Crippen LogP contribution in [0.3, 0.4) is 0 Å². The predicted molar refractivity (Wildman–Crippen MR) is 190 cm³/mol. The highest BCUT2D eigenvalue weighted by Gasteiger charge is 2.13. The molecule has 0 heterocycles. The van der Waals surface area contributed by atoms with E-state index in [1.54, 1.807) is 0 Å². The minimum Gasteiger partial charge on any atom is -0.481 e. The Kier molecular flexibility index (Phi) is 35.1. The van der Waals surface area contributed by atoms with Crippen molar-refractivity contribution in [3.05, 3.63) is 12.2 Å². The fourth-order valence-electron chi connectivity index (χ4n) is 6.12. The molecule has 0 aliphatic rings. The first kappa shape index (κ1) is 42.7. The van der Waals surface area contributed by atoms with Crippen LogP contribution in [0.5, 0.6) is 0 Å². The van der Waals surface area contributed by atoms with Gasteiger partial charge in [-0.3, -0.25) is 9.59 Å². The highest BCUT2D eigenvalue weighted by Crippen LogP contribution is 2.17. The molecule has 0 saturated heterocycles. The van der Waals surface area contributed by atoms with Crippen molar-refractivity contribution in [2.24, 2.45) is 0 Å². The van der Waals surface area contributed by atoms with Crippen LogP contribution in [0.25, 0.3) is 0 Å². The predicted octanol–water partition coefficient (Wildman–Crippen LogP) is 13.5. The van der Waals surface area contributed by atoms with E-state index in [4.69, 9.17) is 9.84 Å². The molecule has 0 spiro atoms. The zero-order valence-electron chi connectivity index (χ0n) is 29.7. The van der Waals surface area contributed by atoms with Crippen LogP contribution in [0.2, 0.25) is 0 Å². The van der Waals surface area contributed by atoms with Crippen molar-refractivity contribution < 1.29 is 19.4 Å². The van der Waals surface area contributed by atoms with Crippen LogP contribution in [-0.2, 0) is 14.3 Å². The molecule has 0 rings (SSSR count). The van der Waals surface area contributed by atoms with Crippen LogP contribution >= 0.6 is 0 Å². The second-order valence-corrected chi connectivity index (χ2v) is 13.5. The summed E-state index contributed by atoms with van der Waals surface area (Å²) in [6.07, 6.45) is 44.4. The van der Waals surface area contributed by atoms with Gasteiger partial charge in [0.25, 0.3) is 0 Å². The second-order valence-electron chi connectivity index (χ2n) is 13.5. The Labute approximate surface area is 275 Å². The lowest BCUT2D eigenvalue weighted by Crippen LogP contribution is -2.18. The molecule has 0 aliphatic heterocycles. The lowest BCUT2D eigenvalue weighted by atomic mass is 10.0. The molecule has 0 aliphatic carbocycles. The maximum atomic E-state index is 12.4. The number of carbonyl (C=O) groups excluding carboxylic acids is 1. The Balaban J connectivity index is 3.51. The first-order valence-electron chi connectivity index (χ1n) is 19.7. The molecule has 1 unspecified atom stereocenters. The van der Waals surface area contributed by atoms with Gasteiger partial charge >= 0.3 is 11.9 Å². The summed E-state index contributed by atoms with van der Waals surface area (Å²) in [7, 11) is 0. The van der Waals surface area contributed by atoms with Gasteiger partial charge in [-0.15, -0.1) is 0 Å². The third-order valence-electron chi connectivity index (χ3n) is 8.97. The van der Waals surface area contributed by atoms with Gasteiger partial charge in [-0.1, -0.05) is 167 Å². The van der Waals surface area contributed by atoms with Gasteiger partial charge in [-0.25, -0.2) is 0 Å². The van der Waals surface area contributed by atoms with Crippen LogP contribution in [0, 0.1) is 0 Å². The standard InChI is InChI=1S/C40H76O4/c1-3-5-6-7-8-9-10-11-12-13-14-15-16-17-21-24-27-30-33-37-40(43)44-38(34-4-2)35-31-28-25-22-19-18-20-23-26-29-32-36-39(41)42/h11-12,38H,3-10,13-37H2,1-2H3,(H,41,42)/b12-11-. The molecule has 0 saturated carbocycles. The fourth-order valence-corrected chi connectivity index (χ4v) is 6.12. The third-order valence-corrected chi connectivity index (χ3v) is 8.97. The lowest BCUT2D eigenvalue weighted by molar-refractivity contribution is -0.150. The quantitative estimate of drug-likeness (QED) is 0.0430. The molecule has 0 radical (unpaired) electrons. The first-order chi connectivity index (χ1) is 21.6. The number of unbranched alkanes of at least 4 members (excludes halogenated alkanes) is 25. The van der Waals surface area contributed by atoms with E-state index < -0.39 is 5.97 Å². The van der Waals surface area contributed by atoms with E-state index in [9.17, 15) is 9.59 Å². The molecule has 0 aromatic carbocycles. The zero-order chi connectivity index (χ0) is 32.2. The van der Waals surface area contributed by atoms with Crippen molar-refractivity contribution in [3.8, 4) is 0 Å². The number of ether oxygens (including phenoxy) is 1. The Morgan fingerprint density at radius 2 is 0.864 bits per heavy atom. The fraction of sp³-hybridized carbons (Fsp3) is 0.900. The molecule has 4 nitrogen and oxygen atoms in total. The highest BCUT2D eigenvalue weighted by molar-refractivity contribution is 5.69. The van der Waals surface area contributed by atoms with Crippen LogP contribution in [0.15, 0.2) is 12.2 Å². The minimum absolute atomic E-state index is 0.0208. The van der Waals surface area contributed by atoms with E-state index in [1.807, 2.05) is 0 Å². The molecule has 0 aromatic heterocycles. The average molecular weight is 621 g/mol. The molecule has 0 bridgehead atoms. The monoisotopic (exact) mass is 621 g/mol. The number of aliphatic carboxylic acids is 1. The van der Waals surface area contributed by atoms with E-state index in [-0.39, 0.29) is 12.1 Å². The molecule has 0 aromatic rings. The number of carboxylic acids is 1. The first-order valence-corrected chi connectivity index (χ1v) is 19.7. The van der Waals surface area contributed by atoms with Gasteiger partial charge in [0.05, 0.1) is 0 Å². The molecule has 0 fully saturated rings. The molecular formula is C40H76O4. The molecular weight excluding hydrogens is 544 g/mol. The van der Waals surface area contributed by atoms with Crippen molar-refractivity contribution in [2.75, 3.05) is 0 Å². The number of hydrogen-bond donors (Lipinski definition) is 1. The van der Waals surface area contributed by atoms with Gasteiger partial charge in [-0.05, 0) is 57.8 Å². The van der Waals surface area contributed by atoms with E-state index in [1.165, 1.54) is 148 Å². The number of hydrogen-bond acceptors (Lipinski definition) is 3. The molecule has 1 atom stereocenters. The van der Waals surface area contributed by atoms with Crippen molar-refractivity contribution in [2.45, 2.75) is 232 Å². The molecule has 0 amide bonds. The number of esters is 1. The lowest BCUT2D eigenvalue weighted by Gasteiger charge is -2.17. The molecule has 1 N–H and O–H groups in total. The summed E-state index contributed by atoms with van der Waals surface area (Å²) in [5, 5.41) is 8.67. The zero-order valence-corrected chi connectivity index (χ0v) is 29.7. The van der Waals surface area contributed by atoms with Crippen LogP contribution < -0.4 is 0 Å². The number of carboxylic acid groups (broad SMARTS) is 1. The van der Waals surface area contributed by atoms with Crippen molar-refractivity contribution in [3.63, 3.8) is 0 Å². The Morgan fingerprint density at radius 3 is 1.30 bits per heavy atom. The average Bonchev–Trinajstić information content (AvgIpc) is 3.00. The van der Waals surface area contributed by atoms with Crippen LogP contribution in [0.1, 0.15) is 226 Å². The number of carbonyl (C=O) groups is 2. The summed E-state index contributed by atoms with van der Waals surface area (Å²) in [6, 6.07) is 0. The highest BCUT2D eigenvalue weighted by atomic mass is 16.5. The van der Waals surface area contributed by atoms with Gasteiger partial charge in [0.2, 0.25) is 0 Å². The van der Waals surface area contributed by atoms with Crippen LogP contribution in [-0.4, -0.2) is 23.1 Å². The summed E-state index contributed by atoms with van der Waals surface area (Å²) in [5.74, 6) is -0.651. The summed E-state index contributed by atoms with van der Waals surface area (Å²) in [5.41, 5.74) is 0. The van der Waals surface area contributed by atoms with Gasteiger partial charge in [-0.2, -0.15) is 0 Å². The van der Waals surface area contributed by atoms with E-state index in [0.29, 0.717) is 12.8 Å². The van der Waals surface area contributed by atoms with E-state index in [2.05, 4.69) is 26.0 Å². The number of allylic oxidation sites excluding steroid dienone is 2. The Hall–Kier alpha value is -1.32. The maximum Gasteiger partial charge on any atom is 0.306 e. The Bertz CT molecular complexity index is 629. The van der Waals surface area contributed by atoms with Crippen molar-refractivity contribution >= 4 is 11.9 Å². The summed E-state index contributed by atoms with van der Waals surface area (Å²) in [4.78, 5) is 22.9. The van der Waals surface area contributed by atoms with Gasteiger partial charge < -0.3 is 9.84 Å².